The van der Waals surface area contributed by atoms with Gasteiger partial charge in [0.1, 0.15) is 11.6 Å². The van der Waals surface area contributed by atoms with Gasteiger partial charge in [-0.1, -0.05) is 0 Å². The molecule has 1 aliphatic rings. The Hall–Kier alpha value is -2.87. The number of carboxylic acid groups (broad SMARTS) is 1. The van der Waals surface area contributed by atoms with Crippen LogP contribution in [0.5, 0.6) is 5.75 Å². The summed E-state index contributed by atoms with van der Waals surface area (Å²) in [5.74, 6) is 1.54. The Morgan fingerprint density at radius 3 is 2.90 bits per heavy atom. The van der Waals surface area contributed by atoms with Crippen molar-refractivity contribution < 1.29 is 19.4 Å². The average molecular weight is 402 g/mol. The average Bonchev–Trinajstić information content (AvgIpc) is 2.71. The number of amides is 1. The number of nitrogens with one attached hydrogen (secondary N) is 1. The molecule has 2 aromatic rings. The van der Waals surface area contributed by atoms with E-state index in [1.807, 2.05) is 18.2 Å². The number of piperidine rings is 1. The van der Waals surface area contributed by atoms with E-state index in [0.29, 0.717) is 0 Å². The van der Waals surface area contributed by atoms with Gasteiger partial charge >= 0.3 is 0 Å². The van der Waals surface area contributed by atoms with Crippen LogP contribution in [0.2, 0.25) is 0 Å². The molecule has 4 N–H and O–H groups in total. The number of likely N-dealkylation sites (tertiary alicyclic amines) is 1. The number of hydrogen-bond acceptors (Lipinski definition) is 6. The van der Waals surface area contributed by atoms with Gasteiger partial charge in [-0.2, -0.15) is 0 Å². The highest BCUT2D eigenvalue weighted by molar-refractivity contribution is 5.85. The Balaban J connectivity index is 0.000000941. The van der Waals surface area contributed by atoms with E-state index >= 15 is 0 Å². The van der Waals surface area contributed by atoms with Crippen LogP contribution in [0, 0.1) is 12.8 Å². The highest BCUT2D eigenvalue weighted by Crippen LogP contribution is 2.24. The van der Waals surface area contributed by atoms with Gasteiger partial charge in [0.05, 0.1) is 18.5 Å². The number of rotatable bonds is 7. The summed E-state index contributed by atoms with van der Waals surface area (Å²) in [6.07, 6.45) is 2.98. The molecule has 0 spiro atoms. The fourth-order valence-electron chi connectivity index (χ4n) is 3.61. The van der Waals surface area contributed by atoms with Crippen molar-refractivity contribution in [2.24, 2.45) is 11.7 Å². The minimum atomic E-state index is -0.250. The third-order valence-electron chi connectivity index (χ3n) is 5.09. The summed E-state index contributed by atoms with van der Waals surface area (Å²) in [5, 5.41) is 11.4. The molecule has 1 amide bonds. The Bertz CT molecular complexity index is 828. The van der Waals surface area contributed by atoms with E-state index in [4.69, 9.17) is 25.4 Å². The molecular formula is C21H30N4O4. The number of aromatic nitrogens is 1. The lowest BCUT2D eigenvalue weighted by Gasteiger charge is -2.31. The highest BCUT2D eigenvalue weighted by atomic mass is 16.5. The van der Waals surface area contributed by atoms with E-state index in [-0.39, 0.29) is 18.3 Å². The monoisotopic (exact) mass is 402 g/mol. The maximum absolute atomic E-state index is 11.4. The van der Waals surface area contributed by atoms with Gasteiger partial charge in [-0.25, -0.2) is 4.98 Å². The van der Waals surface area contributed by atoms with Crippen molar-refractivity contribution in [1.82, 2.24) is 9.88 Å². The summed E-state index contributed by atoms with van der Waals surface area (Å²) in [4.78, 5) is 26.8. The first-order valence-electron chi connectivity index (χ1n) is 9.77. The van der Waals surface area contributed by atoms with Crippen LogP contribution in [-0.2, 0) is 9.59 Å². The number of carbonyl (C=O) groups is 2. The second-order valence-electron chi connectivity index (χ2n) is 7.14. The Morgan fingerprint density at radius 1 is 1.45 bits per heavy atom. The quantitative estimate of drug-likeness (QED) is 0.480. The summed E-state index contributed by atoms with van der Waals surface area (Å²) < 4.78 is 5.29. The van der Waals surface area contributed by atoms with Crippen LogP contribution < -0.4 is 15.8 Å². The SMILES string of the molecule is COc1ccc2c(C)cc(NCCCN3CCCC(C(N)=O)C3)nc2c1.O=CO. The predicted octanol–water partition coefficient (Wildman–Crippen LogP) is 2.25. The number of carbonyl (C=O) groups excluding carboxylic acids is 1. The van der Waals surface area contributed by atoms with Crippen molar-refractivity contribution >= 4 is 29.1 Å². The molecule has 8 heteroatoms. The van der Waals surface area contributed by atoms with Crippen LogP contribution in [0.4, 0.5) is 5.82 Å². The number of hydrogen-bond donors (Lipinski definition) is 3. The van der Waals surface area contributed by atoms with Gasteiger partial charge in [-0.15, -0.1) is 0 Å². The van der Waals surface area contributed by atoms with E-state index in [0.717, 1.165) is 67.9 Å². The van der Waals surface area contributed by atoms with E-state index in [9.17, 15) is 4.79 Å². The van der Waals surface area contributed by atoms with Crippen molar-refractivity contribution in [3.8, 4) is 5.75 Å². The largest absolute Gasteiger partial charge is 0.497 e. The Morgan fingerprint density at radius 2 is 2.21 bits per heavy atom. The zero-order chi connectivity index (χ0) is 21.2. The number of primary amides is 1. The standard InChI is InChI=1S/C20H28N4O2.CH2O2/c1-14-11-19(23-18-12-16(26-2)6-7-17(14)18)22-8-4-10-24-9-3-5-15(13-24)20(21)25;2-1-3/h6-7,11-12,15H,3-5,8-10,13H2,1-2H3,(H2,21,25)(H,22,23);1H,(H,2,3). The summed E-state index contributed by atoms with van der Waals surface area (Å²) in [6.45, 7) is 5.51. The third kappa shape index (κ3) is 6.60. The van der Waals surface area contributed by atoms with Crippen molar-refractivity contribution in [1.29, 1.82) is 0 Å². The molecule has 1 aromatic carbocycles. The van der Waals surface area contributed by atoms with Gasteiger partial charge in [-0.3, -0.25) is 9.59 Å². The molecule has 29 heavy (non-hydrogen) atoms. The number of ether oxygens (including phenoxy) is 1. The molecule has 1 atom stereocenters. The van der Waals surface area contributed by atoms with E-state index < -0.39 is 0 Å². The number of anilines is 1. The molecule has 1 saturated heterocycles. The molecule has 1 aliphatic heterocycles. The van der Waals surface area contributed by atoms with Crippen LogP contribution >= 0.6 is 0 Å². The summed E-state index contributed by atoms with van der Waals surface area (Å²) in [6, 6.07) is 8.05. The number of nitrogens with two attached hydrogens (primary N) is 1. The number of methoxy groups -OCH3 is 1. The van der Waals surface area contributed by atoms with Crippen LogP contribution in [0.25, 0.3) is 10.9 Å². The maximum Gasteiger partial charge on any atom is 0.290 e. The molecule has 1 unspecified atom stereocenters. The van der Waals surface area contributed by atoms with Gasteiger partial charge in [0, 0.05) is 24.5 Å². The van der Waals surface area contributed by atoms with E-state index in [1.54, 1.807) is 7.11 Å². The minimum Gasteiger partial charge on any atom is -0.497 e. The number of aryl methyl sites for hydroxylation is 1. The zero-order valence-corrected chi connectivity index (χ0v) is 17.1. The van der Waals surface area contributed by atoms with E-state index in [2.05, 4.69) is 23.2 Å². The molecule has 3 rings (SSSR count). The predicted molar refractivity (Wildman–Crippen MR) is 113 cm³/mol. The highest BCUT2D eigenvalue weighted by Gasteiger charge is 2.23. The zero-order valence-electron chi connectivity index (χ0n) is 17.1. The van der Waals surface area contributed by atoms with Gasteiger partial charge in [-0.05, 0) is 63.0 Å². The van der Waals surface area contributed by atoms with Crippen LogP contribution in [0.3, 0.4) is 0 Å². The minimum absolute atomic E-state index is 0.0106. The number of benzene rings is 1. The molecule has 0 bridgehead atoms. The third-order valence-corrected chi connectivity index (χ3v) is 5.09. The second kappa shape index (κ2) is 11.2. The molecule has 0 aliphatic carbocycles. The molecule has 158 valence electrons. The first-order chi connectivity index (χ1) is 14.0. The van der Waals surface area contributed by atoms with Gasteiger partial charge in [0.25, 0.3) is 6.47 Å². The number of pyridine rings is 1. The molecule has 0 radical (unpaired) electrons. The molecule has 0 saturated carbocycles. The second-order valence-corrected chi connectivity index (χ2v) is 7.14. The smallest absolute Gasteiger partial charge is 0.290 e. The first-order valence-corrected chi connectivity index (χ1v) is 9.77. The van der Waals surface area contributed by atoms with E-state index in [1.165, 1.54) is 5.56 Å². The van der Waals surface area contributed by atoms with Crippen LogP contribution in [0.15, 0.2) is 24.3 Å². The van der Waals surface area contributed by atoms with Crippen molar-refractivity contribution in [3.05, 3.63) is 29.8 Å². The van der Waals surface area contributed by atoms with Gasteiger partial charge in [0.2, 0.25) is 5.91 Å². The molecule has 1 fully saturated rings. The van der Waals surface area contributed by atoms with Crippen molar-refractivity contribution in [3.63, 3.8) is 0 Å². The Kier molecular flexibility index (Phi) is 8.67. The molecular weight excluding hydrogens is 372 g/mol. The molecule has 1 aromatic heterocycles. The topological polar surface area (TPSA) is 118 Å². The fourth-order valence-corrected chi connectivity index (χ4v) is 3.61. The summed E-state index contributed by atoms with van der Waals surface area (Å²) in [7, 11) is 1.67. The number of fused-ring (bicyclic) bond motifs is 1. The molecule has 8 nitrogen and oxygen atoms in total. The summed E-state index contributed by atoms with van der Waals surface area (Å²) in [5.41, 5.74) is 7.58. The van der Waals surface area contributed by atoms with Crippen molar-refractivity contribution in [2.45, 2.75) is 26.2 Å². The normalized spacial score (nSPS) is 16.6. The lowest BCUT2D eigenvalue weighted by molar-refractivity contribution is -0.124. The summed E-state index contributed by atoms with van der Waals surface area (Å²) >= 11 is 0. The fraction of sp³-hybridized carbons (Fsp3) is 0.476. The van der Waals surface area contributed by atoms with Crippen LogP contribution in [-0.4, -0.2) is 60.7 Å². The van der Waals surface area contributed by atoms with Gasteiger partial charge < -0.3 is 25.8 Å². The lowest BCUT2D eigenvalue weighted by Crippen LogP contribution is -2.41. The number of nitrogens with zero attached hydrogens (tertiary/aromatic N) is 2. The maximum atomic E-state index is 11.4. The molecule has 2 heterocycles. The van der Waals surface area contributed by atoms with Gasteiger partial charge in [0.15, 0.2) is 0 Å². The first kappa shape index (κ1) is 22.4. The lowest BCUT2D eigenvalue weighted by atomic mass is 9.97. The van der Waals surface area contributed by atoms with Crippen LogP contribution in [0.1, 0.15) is 24.8 Å². The Labute approximate surface area is 171 Å². The van der Waals surface area contributed by atoms with Crippen molar-refractivity contribution in [2.75, 3.05) is 38.6 Å².